The van der Waals surface area contributed by atoms with E-state index >= 15 is 0 Å². The highest BCUT2D eigenvalue weighted by Gasteiger charge is 2.21. The zero-order valence-electron chi connectivity index (χ0n) is 18.2. The third kappa shape index (κ3) is 7.10. The van der Waals surface area contributed by atoms with Gasteiger partial charge in [0.05, 0.1) is 22.8 Å². The number of nitrogens with one attached hydrogen (secondary N) is 2. The molecule has 1 fully saturated rings. The lowest BCUT2D eigenvalue weighted by Gasteiger charge is -2.33. The summed E-state index contributed by atoms with van der Waals surface area (Å²) in [5.41, 5.74) is 2.53. The number of hydrogen-bond acceptors (Lipinski definition) is 4. The van der Waals surface area contributed by atoms with E-state index in [1.54, 1.807) is 32.3 Å². The average molecular weight is 479 g/mol. The first kappa shape index (κ1) is 24.3. The Labute approximate surface area is 198 Å². The van der Waals surface area contributed by atoms with E-state index in [0.29, 0.717) is 41.8 Å². The highest BCUT2D eigenvalue weighted by molar-refractivity contribution is 6.42. The molecular weight excluding hydrogens is 451 g/mol. The van der Waals surface area contributed by atoms with Gasteiger partial charge in [-0.2, -0.15) is 0 Å². The number of nitrogens with zero attached hydrogens (tertiary/aromatic N) is 2. The fourth-order valence-corrected chi connectivity index (χ4v) is 3.79. The van der Waals surface area contributed by atoms with Crippen LogP contribution in [0.4, 0.5) is 4.79 Å². The van der Waals surface area contributed by atoms with E-state index in [2.05, 4.69) is 15.5 Å². The Hall–Kier alpha value is -2.32. The van der Waals surface area contributed by atoms with Gasteiger partial charge in [-0.1, -0.05) is 41.4 Å². The first-order chi connectivity index (χ1) is 15.3. The summed E-state index contributed by atoms with van der Waals surface area (Å²) in [5, 5.41) is 6.78. The maximum Gasteiger partial charge on any atom is 0.315 e. The molecule has 1 saturated heterocycles. The van der Waals surface area contributed by atoms with Crippen LogP contribution >= 0.6 is 23.2 Å². The van der Waals surface area contributed by atoms with E-state index < -0.39 is 0 Å². The van der Waals surface area contributed by atoms with E-state index in [0.717, 1.165) is 24.2 Å². The van der Waals surface area contributed by atoms with Crippen LogP contribution in [-0.2, 0) is 17.8 Å². The minimum absolute atomic E-state index is 0.0730. The van der Waals surface area contributed by atoms with Crippen LogP contribution in [0.15, 0.2) is 42.5 Å². The second-order valence-electron chi connectivity index (χ2n) is 7.94. The summed E-state index contributed by atoms with van der Waals surface area (Å²) in [6.07, 6.45) is -0.0988. The normalized spacial score (nSPS) is 16.4. The number of morpholine rings is 1. The largest absolute Gasteiger partial charge is 0.374 e. The standard InChI is InChI=1S/C23H28Cl2N4O3/c1-28(2)22(30)18-5-3-4-16(10-18)12-26-23(31)27-13-19-15-29(8-9-32-19)14-17-6-7-20(24)21(25)11-17/h3-7,10-11,19H,8-9,12-15H2,1-2H3,(H2,26,27,31). The van der Waals surface area contributed by atoms with Crippen molar-refractivity contribution >= 4 is 35.1 Å². The van der Waals surface area contributed by atoms with Crippen LogP contribution in [0.25, 0.3) is 0 Å². The molecule has 1 unspecified atom stereocenters. The number of halogens is 2. The number of rotatable bonds is 7. The maximum absolute atomic E-state index is 12.2. The van der Waals surface area contributed by atoms with Gasteiger partial charge in [-0.25, -0.2) is 4.79 Å². The Kier molecular flexibility index (Phi) is 8.75. The molecule has 1 heterocycles. The van der Waals surface area contributed by atoms with Crippen LogP contribution in [0.3, 0.4) is 0 Å². The Balaban J connectivity index is 1.43. The van der Waals surface area contributed by atoms with Gasteiger partial charge < -0.3 is 20.3 Å². The van der Waals surface area contributed by atoms with Crippen molar-refractivity contribution in [3.05, 3.63) is 69.2 Å². The molecule has 2 N–H and O–H groups in total. The zero-order valence-corrected chi connectivity index (χ0v) is 19.7. The maximum atomic E-state index is 12.2. The smallest absolute Gasteiger partial charge is 0.315 e. The van der Waals surface area contributed by atoms with Gasteiger partial charge in [0.15, 0.2) is 0 Å². The summed E-state index contributed by atoms with van der Waals surface area (Å²) in [4.78, 5) is 28.1. The molecule has 2 aromatic rings. The van der Waals surface area contributed by atoms with E-state index in [4.69, 9.17) is 27.9 Å². The summed E-state index contributed by atoms with van der Waals surface area (Å²) in [6.45, 7) is 3.59. The van der Waals surface area contributed by atoms with Crippen LogP contribution in [0.1, 0.15) is 21.5 Å². The third-order valence-electron chi connectivity index (χ3n) is 5.14. The van der Waals surface area contributed by atoms with Gasteiger partial charge in [0.2, 0.25) is 0 Å². The molecule has 3 amide bonds. The molecule has 1 atom stereocenters. The van der Waals surface area contributed by atoms with E-state index in [9.17, 15) is 9.59 Å². The summed E-state index contributed by atoms with van der Waals surface area (Å²) >= 11 is 12.1. The molecule has 172 valence electrons. The summed E-state index contributed by atoms with van der Waals surface area (Å²) in [7, 11) is 3.42. The van der Waals surface area contributed by atoms with Crippen molar-refractivity contribution in [2.75, 3.05) is 40.3 Å². The van der Waals surface area contributed by atoms with Crippen LogP contribution in [0, 0.1) is 0 Å². The number of ether oxygens (including phenoxy) is 1. The first-order valence-corrected chi connectivity index (χ1v) is 11.2. The minimum Gasteiger partial charge on any atom is -0.374 e. The molecule has 0 saturated carbocycles. The molecule has 0 bridgehead atoms. The predicted octanol–water partition coefficient (Wildman–Crippen LogP) is 3.40. The first-order valence-electron chi connectivity index (χ1n) is 10.4. The summed E-state index contributed by atoms with van der Waals surface area (Å²) in [5.74, 6) is -0.0730. The number of urea groups is 1. The molecule has 0 aromatic heterocycles. The molecule has 1 aliphatic rings. The highest BCUT2D eigenvalue weighted by Crippen LogP contribution is 2.23. The molecule has 0 spiro atoms. The van der Waals surface area contributed by atoms with Crippen molar-refractivity contribution in [3.63, 3.8) is 0 Å². The third-order valence-corrected chi connectivity index (χ3v) is 5.88. The Morgan fingerprint density at radius 2 is 1.91 bits per heavy atom. The van der Waals surface area contributed by atoms with Crippen LogP contribution in [0.2, 0.25) is 10.0 Å². The number of benzene rings is 2. The fraction of sp³-hybridized carbons (Fsp3) is 0.391. The molecule has 7 nitrogen and oxygen atoms in total. The lowest BCUT2D eigenvalue weighted by molar-refractivity contribution is -0.0287. The van der Waals surface area contributed by atoms with Crippen molar-refractivity contribution in [1.82, 2.24) is 20.4 Å². The Morgan fingerprint density at radius 1 is 1.09 bits per heavy atom. The average Bonchev–Trinajstić information content (AvgIpc) is 2.78. The Bertz CT molecular complexity index is 955. The lowest BCUT2D eigenvalue weighted by atomic mass is 10.1. The van der Waals surface area contributed by atoms with Crippen molar-refractivity contribution in [1.29, 1.82) is 0 Å². The topological polar surface area (TPSA) is 73.9 Å². The van der Waals surface area contributed by atoms with E-state index in [1.165, 1.54) is 4.90 Å². The number of carbonyl (C=O) groups is 2. The van der Waals surface area contributed by atoms with Crippen molar-refractivity contribution in [2.45, 2.75) is 19.2 Å². The van der Waals surface area contributed by atoms with Gasteiger partial charge in [0.1, 0.15) is 0 Å². The highest BCUT2D eigenvalue weighted by atomic mass is 35.5. The van der Waals surface area contributed by atoms with E-state index in [-0.39, 0.29) is 18.0 Å². The predicted molar refractivity (Wildman–Crippen MR) is 126 cm³/mol. The monoisotopic (exact) mass is 478 g/mol. The number of amides is 3. The van der Waals surface area contributed by atoms with Gasteiger partial charge in [-0.15, -0.1) is 0 Å². The van der Waals surface area contributed by atoms with Gasteiger partial charge in [-0.3, -0.25) is 9.69 Å². The second-order valence-corrected chi connectivity index (χ2v) is 8.75. The Morgan fingerprint density at radius 3 is 2.66 bits per heavy atom. The molecule has 32 heavy (non-hydrogen) atoms. The van der Waals surface area contributed by atoms with Crippen LogP contribution in [-0.4, -0.2) is 68.2 Å². The lowest BCUT2D eigenvalue weighted by Crippen LogP contribution is -2.48. The molecule has 1 aliphatic heterocycles. The van der Waals surface area contributed by atoms with Gasteiger partial charge in [0.25, 0.3) is 5.91 Å². The van der Waals surface area contributed by atoms with Gasteiger partial charge in [0, 0.05) is 52.4 Å². The molecule has 9 heteroatoms. The summed E-state index contributed by atoms with van der Waals surface area (Å²) < 4.78 is 5.79. The number of carbonyl (C=O) groups excluding carboxylic acids is 2. The fourth-order valence-electron chi connectivity index (χ4n) is 3.47. The minimum atomic E-state index is -0.278. The molecular formula is C23H28Cl2N4O3. The SMILES string of the molecule is CN(C)C(=O)c1cccc(CNC(=O)NCC2CN(Cc3ccc(Cl)c(Cl)c3)CCO2)c1. The van der Waals surface area contributed by atoms with Gasteiger partial charge in [-0.05, 0) is 35.4 Å². The van der Waals surface area contributed by atoms with Crippen molar-refractivity contribution in [3.8, 4) is 0 Å². The molecule has 2 aromatic carbocycles. The van der Waals surface area contributed by atoms with Gasteiger partial charge >= 0.3 is 6.03 Å². The molecule has 0 aliphatic carbocycles. The van der Waals surface area contributed by atoms with Crippen molar-refractivity contribution < 1.29 is 14.3 Å². The number of hydrogen-bond donors (Lipinski definition) is 2. The quantitative estimate of drug-likeness (QED) is 0.639. The second kappa shape index (κ2) is 11.5. The molecule has 0 radical (unpaired) electrons. The zero-order chi connectivity index (χ0) is 23.1. The van der Waals surface area contributed by atoms with Crippen molar-refractivity contribution in [2.24, 2.45) is 0 Å². The van der Waals surface area contributed by atoms with E-state index in [1.807, 2.05) is 24.3 Å². The van der Waals surface area contributed by atoms with Crippen LogP contribution < -0.4 is 10.6 Å². The summed E-state index contributed by atoms with van der Waals surface area (Å²) in [6, 6.07) is 12.6. The molecule has 3 rings (SSSR count). The van der Waals surface area contributed by atoms with Crippen LogP contribution in [0.5, 0.6) is 0 Å².